The van der Waals surface area contributed by atoms with E-state index in [1.165, 1.54) is 18.4 Å². The number of methoxy groups -OCH3 is 1. The number of hydrogen-bond acceptors (Lipinski definition) is 8. The number of nitrogens with zero attached hydrogens (tertiary/aromatic N) is 4. The highest BCUT2D eigenvalue weighted by atomic mass is 32.1. The van der Waals surface area contributed by atoms with Gasteiger partial charge in [0.15, 0.2) is 11.4 Å². The lowest BCUT2D eigenvalue weighted by Crippen LogP contribution is -2.25. The number of aromatic hydroxyl groups is 1. The molecule has 36 heavy (non-hydrogen) atoms. The fourth-order valence-corrected chi connectivity index (χ4v) is 4.35. The first kappa shape index (κ1) is 22.9. The van der Waals surface area contributed by atoms with Crippen molar-refractivity contribution in [3.8, 4) is 39.1 Å². The molecule has 3 aromatic heterocycles. The lowest BCUT2D eigenvalue weighted by atomic mass is 10.1. The summed E-state index contributed by atoms with van der Waals surface area (Å²) in [4.78, 5) is 34.5. The van der Waals surface area contributed by atoms with Gasteiger partial charge in [-0.1, -0.05) is 30.3 Å². The van der Waals surface area contributed by atoms with E-state index in [2.05, 4.69) is 20.4 Å². The quantitative estimate of drug-likeness (QED) is 0.357. The van der Waals surface area contributed by atoms with Crippen molar-refractivity contribution in [1.29, 1.82) is 0 Å². The summed E-state index contributed by atoms with van der Waals surface area (Å²) in [6.07, 6.45) is 1.72. The van der Waals surface area contributed by atoms with Gasteiger partial charge in [-0.2, -0.15) is 9.78 Å². The van der Waals surface area contributed by atoms with Gasteiger partial charge >= 0.3 is 0 Å². The van der Waals surface area contributed by atoms with Gasteiger partial charge < -0.3 is 15.2 Å². The molecule has 0 bridgehead atoms. The average molecular weight is 498 g/mol. The molecule has 0 saturated carbocycles. The van der Waals surface area contributed by atoms with E-state index in [0.29, 0.717) is 17.1 Å². The van der Waals surface area contributed by atoms with Gasteiger partial charge in [-0.3, -0.25) is 14.6 Å². The summed E-state index contributed by atoms with van der Waals surface area (Å²) in [6.45, 7) is 0. The number of ether oxygens (including phenoxy) is 1. The van der Waals surface area contributed by atoms with Crippen molar-refractivity contribution < 1.29 is 14.6 Å². The van der Waals surface area contributed by atoms with Crippen molar-refractivity contribution in [1.82, 2.24) is 19.7 Å². The number of thiazole rings is 1. The van der Waals surface area contributed by atoms with Gasteiger partial charge in [0.25, 0.3) is 11.5 Å². The third kappa shape index (κ3) is 4.57. The number of carbonyl (C=O) groups excluding carboxylic acids is 1. The van der Waals surface area contributed by atoms with Crippen LogP contribution in [0.2, 0.25) is 0 Å². The summed E-state index contributed by atoms with van der Waals surface area (Å²) < 4.78 is 6.31. The number of anilines is 1. The fourth-order valence-electron chi connectivity index (χ4n) is 3.55. The maximum absolute atomic E-state index is 13.0. The Morgan fingerprint density at radius 3 is 2.67 bits per heavy atom. The molecular weight excluding hydrogens is 478 g/mol. The second-order valence-corrected chi connectivity index (χ2v) is 8.45. The van der Waals surface area contributed by atoms with Gasteiger partial charge in [-0.15, -0.1) is 11.3 Å². The Bertz CT molecular complexity index is 1610. The molecule has 9 nitrogen and oxygen atoms in total. The summed E-state index contributed by atoms with van der Waals surface area (Å²) in [6, 6.07) is 20.5. The Kier molecular flexibility index (Phi) is 6.25. The van der Waals surface area contributed by atoms with Gasteiger partial charge in [-0.25, -0.2) is 4.98 Å². The molecule has 5 rings (SSSR count). The minimum absolute atomic E-state index is 0.308. The molecule has 2 N–H and O–H groups in total. The van der Waals surface area contributed by atoms with Crippen LogP contribution < -0.4 is 15.6 Å². The Morgan fingerprint density at radius 2 is 1.86 bits per heavy atom. The number of rotatable bonds is 6. The highest BCUT2D eigenvalue weighted by Gasteiger charge is 2.19. The molecule has 0 atom stereocenters. The molecular formula is C26H19N5O4S. The minimum Gasteiger partial charge on any atom is -0.505 e. The van der Waals surface area contributed by atoms with Crippen molar-refractivity contribution in [2.45, 2.75) is 0 Å². The van der Waals surface area contributed by atoms with Gasteiger partial charge in [0.05, 0.1) is 18.5 Å². The fraction of sp³-hybridized carbons (Fsp3) is 0.0385. The minimum atomic E-state index is -0.680. The van der Waals surface area contributed by atoms with E-state index in [1.807, 2.05) is 29.6 Å². The number of nitrogens with one attached hydrogen (secondary N) is 1. The van der Waals surface area contributed by atoms with Gasteiger partial charge in [-0.05, 0) is 36.4 Å². The lowest BCUT2D eigenvalue weighted by Gasteiger charge is -2.12. The molecule has 1 amide bonds. The zero-order valence-corrected chi connectivity index (χ0v) is 19.8. The van der Waals surface area contributed by atoms with Crippen LogP contribution >= 0.6 is 11.3 Å². The smallest absolute Gasteiger partial charge is 0.279 e. The molecule has 0 aliphatic heterocycles. The van der Waals surface area contributed by atoms with Crippen LogP contribution in [0.15, 0.2) is 89.2 Å². The lowest BCUT2D eigenvalue weighted by molar-refractivity contribution is 0.101. The van der Waals surface area contributed by atoms with E-state index in [0.717, 1.165) is 32.7 Å². The van der Waals surface area contributed by atoms with E-state index in [9.17, 15) is 14.7 Å². The standard InChI is InChI=1S/C26H19N5O4S/c1-35-22-11-3-2-10-20(22)31-23(33)14-21(32)24(30-31)25(34)28-17-8-6-7-16(13-17)19-15-36-26(29-19)18-9-4-5-12-27-18/h2-15,32H,1H3,(H,28,34). The summed E-state index contributed by atoms with van der Waals surface area (Å²) in [5, 5.41) is 19.8. The van der Waals surface area contributed by atoms with Crippen molar-refractivity contribution in [2.24, 2.45) is 0 Å². The van der Waals surface area contributed by atoms with Crippen molar-refractivity contribution >= 4 is 22.9 Å². The molecule has 0 fully saturated rings. The molecule has 0 spiro atoms. The number of hydrogen-bond donors (Lipinski definition) is 2. The summed E-state index contributed by atoms with van der Waals surface area (Å²) in [7, 11) is 1.46. The third-order valence-electron chi connectivity index (χ3n) is 5.24. The van der Waals surface area contributed by atoms with Crippen LogP contribution in [0.1, 0.15) is 10.5 Å². The number of amides is 1. The number of para-hydroxylation sites is 2. The summed E-state index contributed by atoms with van der Waals surface area (Å²) in [5.74, 6) is -0.815. The molecule has 2 aromatic carbocycles. The van der Waals surface area contributed by atoms with E-state index in [-0.39, 0.29) is 5.69 Å². The zero-order valence-electron chi connectivity index (χ0n) is 19.0. The predicted octanol–water partition coefficient (Wildman–Crippen LogP) is 4.38. The van der Waals surface area contributed by atoms with Gasteiger partial charge in [0.2, 0.25) is 0 Å². The van der Waals surface area contributed by atoms with Crippen LogP contribution in [0.5, 0.6) is 11.5 Å². The van der Waals surface area contributed by atoms with Gasteiger partial charge in [0, 0.05) is 28.9 Å². The molecule has 5 aromatic rings. The van der Waals surface area contributed by atoms with Crippen LogP contribution in [0, 0.1) is 0 Å². The van der Waals surface area contributed by atoms with Crippen LogP contribution in [-0.4, -0.2) is 37.9 Å². The molecule has 0 radical (unpaired) electrons. The SMILES string of the molecule is COc1ccccc1-n1nc(C(=O)Nc2cccc(-c3csc(-c4ccccn4)n3)c2)c(O)cc1=O. The Morgan fingerprint density at radius 1 is 1.03 bits per heavy atom. The number of aromatic nitrogens is 4. The number of benzene rings is 2. The largest absolute Gasteiger partial charge is 0.505 e. The van der Waals surface area contributed by atoms with Gasteiger partial charge in [0.1, 0.15) is 16.4 Å². The third-order valence-corrected chi connectivity index (χ3v) is 6.11. The maximum Gasteiger partial charge on any atom is 0.279 e. The van der Waals surface area contributed by atoms with Crippen molar-refractivity contribution in [2.75, 3.05) is 12.4 Å². The Balaban J connectivity index is 1.42. The summed E-state index contributed by atoms with van der Waals surface area (Å²) >= 11 is 1.47. The van der Waals surface area contributed by atoms with Crippen LogP contribution in [0.3, 0.4) is 0 Å². The Labute approximate surface area is 209 Å². The van der Waals surface area contributed by atoms with Crippen LogP contribution in [0.4, 0.5) is 5.69 Å². The highest BCUT2D eigenvalue weighted by Crippen LogP contribution is 2.29. The van der Waals surface area contributed by atoms with E-state index >= 15 is 0 Å². The zero-order chi connectivity index (χ0) is 25.1. The van der Waals surface area contributed by atoms with E-state index in [1.54, 1.807) is 48.7 Å². The number of carbonyl (C=O) groups is 1. The first-order valence-corrected chi connectivity index (χ1v) is 11.7. The molecule has 3 heterocycles. The molecule has 10 heteroatoms. The van der Waals surface area contributed by atoms with Crippen LogP contribution in [-0.2, 0) is 0 Å². The molecule has 0 aliphatic rings. The monoisotopic (exact) mass is 497 g/mol. The maximum atomic E-state index is 13.0. The highest BCUT2D eigenvalue weighted by molar-refractivity contribution is 7.13. The second-order valence-electron chi connectivity index (χ2n) is 7.59. The van der Waals surface area contributed by atoms with E-state index < -0.39 is 17.2 Å². The second kappa shape index (κ2) is 9.80. The summed E-state index contributed by atoms with van der Waals surface area (Å²) in [5.41, 5.74) is 2.21. The molecule has 0 saturated heterocycles. The van der Waals surface area contributed by atoms with Crippen LogP contribution in [0.25, 0.3) is 27.6 Å². The molecule has 178 valence electrons. The topological polar surface area (TPSA) is 119 Å². The van der Waals surface area contributed by atoms with Crippen molar-refractivity contribution in [3.63, 3.8) is 0 Å². The van der Waals surface area contributed by atoms with Crippen molar-refractivity contribution in [3.05, 3.63) is 100 Å². The Hall–Kier alpha value is -4.83. The molecule has 0 aliphatic carbocycles. The predicted molar refractivity (Wildman–Crippen MR) is 137 cm³/mol. The first-order chi connectivity index (χ1) is 17.5. The normalized spacial score (nSPS) is 10.7. The molecule has 0 unspecified atom stereocenters. The number of pyridine rings is 1. The first-order valence-electron chi connectivity index (χ1n) is 10.8. The average Bonchev–Trinajstić information content (AvgIpc) is 3.40. The van der Waals surface area contributed by atoms with E-state index in [4.69, 9.17) is 4.74 Å².